The minimum atomic E-state index is -0.647. The Bertz CT molecular complexity index is 1660. The fourth-order valence-electron chi connectivity index (χ4n) is 4.44. The molecule has 0 unspecified atom stereocenters. The molecule has 0 amide bonds. The molecule has 8 nitrogen and oxygen atoms in total. The number of hydrogen-bond donors (Lipinski definition) is 1. The lowest BCUT2D eigenvalue weighted by Gasteiger charge is -2.25. The van der Waals surface area contributed by atoms with Crippen molar-refractivity contribution in [3.63, 3.8) is 0 Å². The number of hydrogen-bond acceptors (Lipinski definition) is 7. The fraction of sp³-hybridized carbons (Fsp3) is 0.214. The first-order valence-corrected chi connectivity index (χ1v) is 12.8. The van der Waals surface area contributed by atoms with E-state index in [9.17, 15) is 9.59 Å². The van der Waals surface area contributed by atoms with Crippen LogP contribution in [0.15, 0.2) is 81.9 Å². The molecule has 4 aromatic rings. The lowest BCUT2D eigenvalue weighted by molar-refractivity contribution is -0.139. The van der Waals surface area contributed by atoms with Gasteiger partial charge >= 0.3 is 5.97 Å². The zero-order chi connectivity index (χ0) is 26.1. The normalized spacial score (nSPS) is 15.4. The van der Waals surface area contributed by atoms with Crippen LogP contribution in [0.5, 0.6) is 0 Å². The minimum absolute atomic E-state index is 0.222. The highest BCUT2D eigenvalue weighted by atomic mass is 32.1. The summed E-state index contributed by atoms with van der Waals surface area (Å²) in [7, 11) is 3.93. The zero-order valence-corrected chi connectivity index (χ0v) is 21.9. The topological polar surface area (TPSA) is 92.6 Å². The van der Waals surface area contributed by atoms with E-state index in [-0.39, 0.29) is 12.2 Å². The van der Waals surface area contributed by atoms with Gasteiger partial charge in [-0.3, -0.25) is 14.5 Å². The summed E-state index contributed by atoms with van der Waals surface area (Å²) < 4.78 is 7.48. The van der Waals surface area contributed by atoms with Crippen LogP contribution in [0.1, 0.15) is 31.0 Å². The average molecular weight is 514 g/mol. The van der Waals surface area contributed by atoms with Gasteiger partial charge in [0.05, 0.1) is 40.3 Å². The molecule has 0 bridgehead atoms. The number of rotatable bonds is 6. The van der Waals surface area contributed by atoms with Crippen molar-refractivity contribution in [1.82, 2.24) is 14.8 Å². The monoisotopic (exact) mass is 513 g/mol. The first kappa shape index (κ1) is 24.5. The number of esters is 1. The van der Waals surface area contributed by atoms with E-state index in [1.807, 2.05) is 79.7 Å². The number of nitrogens with zero attached hydrogens (tertiary/aromatic N) is 4. The number of carbonyl (C=O) groups excluding carboxylic acids is 1. The molecule has 2 aromatic carbocycles. The number of ether oxygens (including phenoxy) is 1. The Balaban J connectivity index is 1.69. The van der Waals surface area contributed by atoms with E-state index in [1.54, 1.807) is 24.6 Å². The van der Waals surface area contributed by atoms with Crippen LogP contribution in [0.3, 0.4) is 0 Å². The predicted octanol–water partition coefficient (Wildman–Crippen LogP) is 3.25. The van der Waals surface area contributed by atoms with Crippen LogP contribution in [0.2, 0.25) is 0 Å². The largest absolute Gasteiger partial charge is 0.463 e. The quantitative estimate of drug-likeness (QED) is 0.400. The molecule has 2 aromatic heterocycles. The van der Waals surface area contributed by atoms with Crippen molar-refractivity contribution in [3.05, 3.63) is 103 Å². The first-order valence-electron chi connectivity index (χ1n) is 11.9. The van der Waals surface area contributed by atoms with Gasteiger partial charge in [-0.15, -0.1) is 0 Å². The second-order valence-corrected chi connectivity index (χ2v) is 9.86. The van der Waals surface area contributed by atoms with E-state index in [4.69, 9.17) is 4.74 Å². The minimum Gasteiger partial charge on any atom is -0.463 e. The molecule has 0 saturated carbocycles. The molecule has 0 radical (unpaired) electrons. The zero-order valence-electron chi connectivity index (χ0n) is 21.1. The van der Waals surface area contributed by atoms with Gasteiger partial charge in [0.1, 0.15) is 0 Å². The van der Waals surface area contributed by atoms with Gasteiger partial charge in [0.25, 0.3) is 5.56 Å². The van der Waals surface area contributed by atoms with E-state index >= 15 is 0 Å². The summed E-state index contributed by atoms with van der Waals surface area (Å²) in [5, 5.41) is 7.23. The Morgan fingerprint density at radius 3 is 2.57 bits per heavy atom. The average Bonchev–Trinajstić information content (AvgIpc) is 3.48. The molecule has 1 atom stereocenters. The molecule has 0 spiro atoms. The smallest absolute Gasteiger partial charge is 0.338 e. The third-order valence-electron chi connectivity index (χ3n) is 6.26. The van der Waals surface area contributed by atoms with Gasteiger partial charge in [-0.1, -0.05) is 53.8 Å². The molecule has 3 heterocycles. The Labute approximate surface area is 217 Å². The molecule has 37 heavy (non-hydrogen) atoms. The third-order valence-corrected chi connectivity index (χ3v) is 7.24. The van der Waals surface area contributed by atoms with E-state index in [2.05, 4.69) is 15.2 Å². The van der Waals surface area contributed by atoms with Crippen molar-refractivity contribution in [3.8, 4) is 11.3 Å². The summed E-state index contributed by atoms with van der Waals surface area (Å²) in [5.41, 5.74) is 5.10. The third kappa shape index (κ3) is 4.53. The van der Waals surface area contributed by atoms with Gasteiger partial charge in [0, 0.05) is 30.9 Å². The molecular formula is C28H27N5O3S. The van der Waals surface area contributed by atoms with Gasteiger partial charge in [0.2, 0.25) is 0 Å². The molecule has 0 saturated heterocycles. The number of H-pyrrole nitrogens is 1. The Hall–Kier alpha value is -4.24. The number of benzene rings is 2. The molecule has 1 aliphatic heterocycles. The number of aromatic nitrogens is 3. The maximum Gasteiger partial charge on any atom is 0.338 e. The fourth-order valence-corrected chi connectivity index (χ4v) is 5.48. The summed E-state index contributed by atoms with van der Waals surface area (Å²) >= 11 is 1.29. The number of thiazole rings is 1. The van der Waals surface area contributed by atoms with E-state index < -0.39 is 12.0 Å². The van der Waals surface area contributed by atoms with Gasteiger partial charge < -0.3 is 9.64 Å². The van der Waals surface area contributed by atoms with Crippen LogP contribution < -0.4 is 19.8 Å². The van der Waals surface area contributed by atoms with E-state index in [1.165, 1.54) is 11.3 Å². The number of fused-ring (bicyclic) bond motifs is 1. The van der Waals surface area contributed by atoms with E-state index in [0.29, 0.717) is 20.6 Å². The summed E-state index contributed by atoms with van der Waals surface area (Å²) in [6, 6.07) is 17.0. The number of allylic oxidation sites excluding steroid dienone is 1. The molecule has 0 fully saturated rings. The highest BCUT2D eigenvalue weighted by Gasteiger charge is 2.33. The van der Waals surface area contributed by atoms with Crippen molar-refractivity contribution >= 4 is 29.1 Å². The van der Waals surface area contributed by atoms with Crippen molar-refractivity contribution < 1.29 is 9.53 Å². The number of nitrogens with one attached hydrogen (secondary N) is 1. The molecule has 1 N–H and O–H groups in total. The maximum atomic E-state index is 13.8. The van der Waals surface area contributed by atoms with Crippen LogP contribution in [-0.4, -0.2) is 41.4 Å². The van der Waals surface area contributed by atoms with Crippen LogP contribution in [-0.2, 0) is 9.53 Å². The van der Waals surface area contributed by atoms with Gasteiger partial charge in [-0.25, -0.2) is 9.79 Å². The standard InChI is InChI=1S/C28H27N5O3S/c1-5-36-27(35)23-17(2)30-28-33(25(23)19-11-13-21(14-12-19)32(3)4)26(34)22(37-28)15-20-16-29-31-24(20)18-9-7-6-8-10-18/h6-16,25H,5H2,1-4H3,(H,29,31)/b22-15-/t25-/m0/s1. The Morgan fingerprint density at radius 1 is 1.16 bits per heavy atom. The van der Waals surface area contributed by atoms with Crippen LogP contribution >= 0.6 is 11.3 Å². The molecule has 1 aliphatic rings. The summed E-state index contributed by atoms with van der Waals surface area (Å²) in [4.78, 5) is 34.1. The predicted molar refractivity (Wildman–Crippen MR) is 145 cm³/mol. The SMILES string of the molecule is CCOC(=O)C1=C(C)N=c2s/c(=C\c3cn[nH]c3-c3ccccc3)c(=O)n2[C@H]1c1ccc(N(C)C)cc1. The molecule has 5 rings (SSSR count). The Kier molecular flexibility index (Phi) is 6.62. The molecule has 9 heteroatoms. The summed E-state index contributed by atoms with van der Waals surface area (Å²) in [6.45, 7) is 3.78. The Morgan fingerprint density at radius 2 is 1.89 bits per heavy atom. The lowest BCUT2D eigenvalue weighted by atomic mass is 9.95. The number of aromatic amines is 1. The van der Waals surface area contributed by atoms with Gasteiger partial charge in [-0.05, 0) is 37.6 Å². The van der Waals surface area contributed by atoms with Gasteiger partial charge in [0.15, 0.2) is 4.80 Å². The second kappa shape index (κ2) is 10.0. The van der Waals surface area contributed by atoms with Crippen LogP contribution in [0.25, 0.3) is 17.3 Å². The second-order valence-electron chi connectivity index (χ2n) is 8.85. The van der Waals surface area contributed by atoms with Crippen molar-refractivity contribution in [2.45, 2.75) is 19.9 Å². The van der Waals surface area contributed by atoms with E-state index in [0.717, 1.165) is 28.1 Å². The first-order chi connectivity index (χ1) is 17.9. The highest BCUT2D eigenvalue weighted by molar-refractivity contribution is 7.07. The molecule has 0 aliphatic carbocycles. The number of anilines is 1. The number of carbonyl (C=O) groups is 1. The van der Waals surface area contributed by atoms with Crippen molar-refractivity contribution in [2.24, 2.45) is 4.99 Å². The molecule has 188 valence electrons. The van der Waals surface area contributed by atoms with Crippen LogP contribution in [0.4, 0.5) is 5.69 Å². The van der Waals surface area contributed by atoms with Crippen LogP contribution in [0, 0.1) is 0 Å². The maximum absolute atomic E-state index is 13.8. The van der Waals surface area contributed by atoms with Crippen molar-refractivity contribution in [1.29, 1.82) is 0 Å². The van der Waals surface area contributed by atoms with Crippen molar-refractivity contribution in [2.75, 3.05) is 25.6 Å². The lowest BCUT2D eigenvalue weighted by Crippen LogP contribution is -2.39. The highest BCUT2D eigenvalue weighted by Crippen LogP contribution is 2.31. The summed E-state index contributed by atoms with van der Waals surface area (Å²) in [5.74, 6) is -0.471. The molecular weight excluding hydrogens is 486 g/mol. The summed E-state index contributed by atoms with van der Waals surface area (Å²) in [6.07, 6.45) is 3.53. The van der Waals surface area contributed by atoms with Gasteiger partial charge in [-0.2, -0.15) is 5.10 Å².